The highest BCUT2D eigenvalue weighted by molar-refractivity contribution is 7.99. The Morgan fingerprint density at radius 2 is 1.16 bits per heavy atom. The van der Waals surface area contributed by atoms with Gasteiger partial charge in [0.15, 0.2) is 0 Å². The number of ether oxygens (including phenoxy) is 1. The van der Waals surface area contributed by atoms with Gasteiger partial charge in [-0.1, -0.05) is 36.4 Å². The monoisotopic (exact) mass is 475 g/mol. The Bertz CT molecular complexity index is 1190. The van der Waals surface area contributed by atoms with Gasteiger partial charge < -0.3 is 4.74 Å². The number of rotatable bonds is 4. The molecule has 0 N–H and O–H groups in total. The number of fused-ring (bicyclic) bond motifs is 2. The van der Waals surface area contributed by atoms with Crippen LogP contribution in [-0.2, 0) is 24.4 Å². The van der Waals surface area contributed by atoms with Crippen LogP contribution in [0, 0.1) is 0 Å². The number of hydrogen-bond acceptors (Lipinski definition) is 6. The third-order valence-electron chi connectivity index (χ3n) is 5.52. The molecule has 2 heterocycles. The van der Waals surface area contributed by atoms with Gasteiger partial charge in [0.25, 0.3) is 0 Å². The van der Waals surface area contributed by atoms with Gasteiger partial charge >= 0.3 is 6.09 Å². The molecule has 0 aliphatic carbocycles. The fourth-order valence-electron chi connectivity index (χ4n) is 4.30. The highest BCUT2D eigenvalue weighted by Gasteiger charge is 2.57. The van der Waals surface area contributed by atoms with Crippen molar-refractivity contribution in [3.8, 4) is 0 Å². The summed E-state index contributed by atoms with van der Waals surface area (Å²) in [4.78, 5) is 13.8. The van der Waals surface area contributed by atoms with Crippen LogP contribution in [0.3, 0.4) is 0 Å². The number of hydrogen-bond donors (Lipinski definition) is 0. The zero-order valence-electron chi connectivity index (χ0n) is 18.1. The summed E-state index contributed by atoms with van der Waals surface area (Å²) in [5, 5.41) is 0. The molecule has 0 saturated carbocycles. The van der Waals surface area contributed by atoms with Gasteiger partial charge in [-0.3, -0.25) is 4.90 Å². The molecule has 2 atom stereocenters. The van der Waals surface area contributed by atoms with E-state index in [1.54, 1.807) is 57.2 Å². The first-order chi connectivity index (χ1) is 14.9. The summed E-state index contributed by atoms with van der Waals surface area (Å²) >= 11 is 0. The molecule has 2 aliphatic heterocycles. The lowest BCUT2D eigenvalue weighted by atomic mass is 10.1. The van der Waals surface area contributed by atoms with E-state index in [-0.39, 0.29) is 19.6 Å². The van der Waals surface area contributed by atoms with Gasteiger partial charge in [0.2, 0.25) is 19.7 Å². The van der Waals surface area contributed by atoms with Crippen LogP contribution in [0.2, 0.25) is 0 Å². The van der Waals surface area contributed by atoms with Crippen molar-refractivity contribution in [3.05, 3.63) is 70.5 Å². The molecule has 1 fully saturated rings. The van der Waals surface area contributed by atoms with Gasteiger partial charge in [-0.05, 0) is 57.9 Å². The van der Waals surface area contributed by atoms with Gasteiger partial charge in [0.1, 0.15) is 5.60 Å². The second-order valence-electron chi connectivity index (χ2n) is 8.86. The van der Waals surface area contributed by atoms with Crippen molar-refractivity contribution in [1.29, 1.82) is 0 Å². The van der Waals surface area contributed by atoms with Crippen LogP contribution in [0.1, 0.15) is 33.6 Å². The first-order valence-electron chi connectivity index (χ1n) is 10.3. The summed E-state index contributed by atoms with van der Waals surface area (Å²) in [6.07, 6.45) is -0.0258. The summed E-state index contributed by atoms with van der Waals surface area (Å²) in [7, 11) is -8.34. The largest absolute Gasteiger partial charge is 0.444 e. The Morgan fingerprint density at radius 1 is 0.781 bits per heavy atom. The van der Waals surface area contributed by atoms with Crippen LogP contribution in [0.15, 0.2) is 80.3 Å². The molecule has 1 saturated heterocycles. The molecule has 0 spiro atoms. The van der Waals surface area contributed by atoms with Crippen LogP contribution in [-0.4, -0.2) is 45.5 Å². The zero-order chi connectivity index (χ0) is 23.3. The van der Waals surface area contributed by atoms with Gasteiger partial charge in [-0.2, -0.15) is 0 Å². The van der Waals surface area contributed by atoms with Gasteiger partial charge in [0.05, 0.1) is 31.7 Å². The number of nitrogens with zero attached hydrogens (tertiary/aromatic N) is 1. The fourth-order valence-corrected chi connectivity index (χ4v) is 8.48. The van der Waals surface area contributed by atoms with Crippen LogP contribution in [0.5, 0.6) is 0 Å². The van der Waals surface area contributed by atoms with Crippen molar-refractivity contribution >= 4 is 25.8 Å². The first kappa shape index (κ1) is 22.5. The number of amides is 1. The minimum absolute atomic E-state index is 0.00699. The third kappa shape index (κ3) is 3.73. The van der Waals surface area contributed by atoms with Crippen LogP contribution >= 0.6 is 0 Å². The highest BCUT2D eigenvalue weighted by atomic mass is 32.2. The standard InChI is InChI=1S/C23H25NO6S2/c1-23(2,3)30-22(25)24-18-14-15-19(24)21(32(28,29)17-12-8-5-9-13-17)20(18)31(26,27)16-10-6-4-7-11-16/h4-13,18-19H,14-15H2,1-3H3/t18-,19+. The lowest BCUT2D eigenvalue weighted by Crippen LogP contribution is -2.42. The van der Waals surface area contributed by atoms with E-state index in [4.69, 9.17) is 4.74 Å². The molecule has 0 radical (unpaired) electrons. The number of carbonyl (C=O) groups excluding carboxylic acids is 1. The number of carbonyl (C=O) groups is 1. The molecule has 4 rings (SSSR count). The van der Waals surface area contributed by atoms with Crippen LogP contribution in [0.4, 0.5) is 4.79 Å². The van der Waals surface area contributed by atoms with E-state index in [1.165, 1.54) is 29.2 Å². The molecule has 2 aromatic carbocycles. The van der Waals surface area contributed by atoms with E-state index < -0.39 is 43.5 Å². The van der Waals surface area contributed by atoms with Crippen molar-refractivity contribution in [2.24, 2.45) is 0 Å². The molecule has 32 heavy (non-hydrogen) atoms. The van der Waals surface area contributed by atoms with Gasteiger partial charge in [-0.25, -0.2) is 21.6 Å². The van der Waals surface area contributed by atoms with E-state index >= 15 is 0 Å². The van der Waals surface area contributed by atoms with E-state index in [0.29, 0.717) is 12.8 Å². The molecule has 1 amide bonds. The van der Waals surface area contributed by atoms with E-state index in [9.17, 15) is 21.6 Å². The van der Waals surface area contributed by atoms with Crippen molar-refractivity contribution in [2.45, 2.75) is 61.1 Å². The lowest BCUT2D eigenvalue weighted by molar-refractivity contribution is 0.0229. The Kier molecular flexibility index (Phi) is 5.45. The van der Waals surface area contributed by atoms with Gasteiger partial charge in [-0.15, -0.1) is 0 Å². The van der Waals surface area contributed by atoms with Crippen molar-refractivity contribution < 1.29 is 26.4 Å². The average molecular weight is 476 g/mol. The lowest BCUT2D eigenvalue weighted by Gasteiger charge is -2.28. The molecule has 0 aromatic heterocycles. The maximum atomic E-state index is 13.7. The SMILES string of the molecule is CC(C)(C)OC(=O)N1[C@@H]2CC[C@H]1C(S(=O)(=O)c1ccccc1)=C2S(=O)(=O)c1ccccc1. The molecule has 9 heteroatoms. The topological polar surface area (TPSA) is 97.8 Å². The minimum atomic E-state index is -4.17. The van der Waals surface area contributed by atoms with Crippen LogP contribution < -0.4 is 0 Å². The van der Waals surface area contributed by atoms with Crippen molar-refractivity contribution in [3.63, 3.8) is 0 Å². The predicted molar refractivity (Wildman–Crippen MR) is 119 cm³/mol. The maximum absolute atomic E-state index is 13.7. The molecule has 170 valence electrons. The molecule has 7 nitrogen and oxygen atoms in total. The Hall–Kier alpha value is -2.65. The Labute approximate surface area is 188 Å². The fraction of sp³-hybridized carbons (Fsp3) is 0.348. The molecular formula is C23H25NO6S2. The summed E-state index contributed by atoms with van der Waals surface area (Å²) in [6.45, 7) is 5.12. The predicted octanol–water partition coefficient (Wildman–Crippen LogP) is 3.93. The quantitative estimate of drug-likeness (QED) is 0.665. The van der Waals surface area contributed by atoms with E-state index in [1.807, 2.05) is 0 Å². The molecule has 2 bridgehead atoms. The summed E-state index contributed by atoms with van der Waals surface area (Å²) in [6, 6.07) is 13.6. The Morgan fingerprint density at radius 3 is 1.50 bits per heavy atom. The Balaban J connectivity index is 1.92. The average Bonchev–Trinajstić information content (AvgIpc) is 3.31. The second kappa shape index (κ2) is 7.74. The zero-order valence-corrected chi connectivity index (χ0v) is 19.7. The normalized spacial score (nSPS) is 21.2. The van der Waals surface area contributed by atoms with Gasteiger partial charge in [0, 0.05) is 0 Å². The molecule has 2 aromatic rings. The summed E-state index contributed by atoms with van der Waals surface area (Å²) < 4.78 is 60.2. The minimum Gasteiger partial charge on any atom is -0.444 e. The smallest absolute Gasteiger partial charge is 0.411 e. The summed E-state index contributed by atoms with van der Waals surface area (Å²) in [5.74, 6) is 0. The first-order valence-corrected chi connectivity index (χ1v) is 13.3. The third-order valence-corrected chi connectivity index (χ3v) is 9.58. The van der Waals surface area contributed by atoms with E-state index in [2.05, 4.69) is 0 Å². The molecule has 0 unspecified atom stereocenters. The van der Waals surface area contributed by atoms with Crippen molar-refractivity contribution in [2.75, 3.05) is 0 Å². The van der Waals surface area contributed by atoms with E-state index in [0.717, 1.165) is 0 Å². The van der Waals surface area contributed by atoms with Crippen molar-refractivity contribution in [1.82, 2.24) is 4.90 Å². The second-order valence-corrected chi connectivity index (χ2v) is 12.7. The molecule has 2 aliphatic rings. The number of sulfone groups is 2. The number of benzene rings is 2. The van der Waals surface area contributed by atoms with Crippen LogP contribution in [0.25, 0.3) is 0 Å². The maximum Gasteiger partial charge on any atom is 0.411 e. The highest BCUT2D eigenvalue weighted by Crippen LogP contribution is 2.49. The molecular weight excluding hydrogens is 450 g/mol. The summed E-state index contributed by atoms with van der Waals surface area (Å²) in [5.41, 5.74) is -0.809.